The SMILES string of the molecule is Cc1cccn2c(CC3CCCN3)nnc12. The predicted octanol–water partition coefficient (Wildman–Crippen LogP) is 1.33. The Morgan fingerprint density at radius 1 is 1.50 bits per heavy atom. The number of hydrogen-bond acceptors (Lipinski definition) is 3. The molecule has 3 heterocycles. The van der Waals surface area contributed by atoms with E-state index < -0.39 is 0 Å². The van der Waals surface area contributed by atoms with Crippen molar-refractivity contribution in [2.75, 3.05) is 6.54 Å². The number of aryl methyl sites for hydroxylation is 1. The summed E-state index contributed by atoms with van der Waals surface area (Å²) in [6.45, 7) is 3.21. The lowest BCUT2D eigenvalue weighted by atomic mass is 10.1. The fraction of sp³-hybridized carbons (Fsp3) is 0.500. The normalized spacial score (nSPS) is 20.7. The van der Waals surface area contributed by atoms with E-state index in [0.717, 1.165) is 24.4 Å². The molecule has 1 unspecified atom stereocenters. The molecule has 2 aromatic heterocycles. The molecule has 0 spiro atoms. The molecule has 1 N–H and O–H groups in total. The average molecular weight is 216 g/mol. The molecule has 0 aliphatic carbocycles. The van der Waals surface area contributed by atoms with Crippen LogP contribution in [0.15, 0.2) is 18.3 Å². The molecule has 1 aliphatic rings. The van der Waals surface area contributed by atoms with Crippen molar-refractivity contribution in [3.63, 3.8) is 0 Å². The standard InChI is InChI=1S/C12H16N4/c1-9-4-3-7-16-11(14-15-12(9)16)8-10-5-2-6-13-10/h3-4,7,10,13H,2,5-6,8H2,1H3. The largest absolute Gasteiger partial charge is 0.314 e. The lowest BCUT2D eigenvalue weighted by Gasteiger charge is -2.08. The van der Waals surface area contributed by atoms with E-state index in [0.29, 0.717) is 6.04 Å². The molecule has 1 fully saturated rings. The fourth-order valence-electron chi connectivity index (χ4n) is 2.39. The lowest BCUT2D eigenvalue weighted by Crippen LogP contribution is -2.24. The first-order chi connectivity index (χ1) is 7.84. The van der Waals surface area contributed by atoms with Gasteiger partial charge >= 0.3 is 0 Å². The van der Waals surface area contributed by atoms with Crippen molar-refractivity contribution in [2.45, 2.75) is 32.2 Å². The number of nitrogens with one attached hydrogen (secondary N) is 1. The minimum absolute atomic E-state index is 0.577. The maximum absolute atomic E-state index is 4.29. The van der Waals surface area contributed by atoms with Crippen LogP contribution in [0, 0.1) is 6.92 Å². The van der Waals surface area contributed by atoms with Gasteiger partial charge in [-0.1, -0.05) is 6.07 Å². The minimum atomic E-state index is 0.577. The summed E-state index contributed by atoms with van der Waals surface area (Å²) in [7, 11) is 0. The van der Waals surface area contributed by atoms with Gasteiger partial charge < -0.3 is 5.32 Å². The van der Waals surface area contributed by atoms with Gasteiger partial charge in [0, 0.05) is 18.7 Å². The molecule has 4 nitrogen and oxygen atoms in total. The highest BCUT2D eigenvalue weighted by molar-refractivity contribution is 5.46. The topological polar surface area (TPSA) is 42.2 Å². The fourth-order valence-corrected chi connectivity index (χ4v) is 2.39. The Labute approximate surface area is 94.7 Å². The Kier molecular flexibility index (Phi) is 2.36. The first-order valence-electron chi connectivity index (χ1n) is 5.87. The van der Waals surface area contributed by atoms with E-state index in [1.807, 2.05) is 6.20 Å². The summed E-state index contributed by atoms with van der Waals surface area (Å²) in [4.78, 5) is 0. The van der Waals surface area contributed by atoms with Crippen LogP contribution in [0.2, 0.25) is 0 Å². The first-order valence-corrected chi connectivity index (χ1v) is 5.87. The van der Waals surface area contributed by atoms with Gasteiger partial charge in [-0.25, -0.2) is 0 Å². The zero-order chi connectivity index (χ0) is 11.0. The van der Waals surface area contributed by atoms with Gasteiger partial charge in [0.25, 0.3) is 0 Å². The van der Waals surface area contributed by atoms with Gasteiger partial charge in [0.15, 0.2) is 5.65 Å². The van der Waals surface area contributed by atoms with E-state index in [1.165, 1.54) is 18.4 Å². The molecule has 16 heavy (non-hydrogen) atoms. The van der Waals surface area contributed by atoms with Crippen molar-refractivity contribution in [2.24, 2.45) is 0 Å². The second kappa shape index (κ2) is 3.87. The molecule has 0 amide bonds. The summed E-state index contributed by atoms with van der Waals surface area (Å²) in [5, 5.41) is 12.0. The number of nitrogens with zero attached hydrogens (tertiary/aromatic N) is 3. The van der Waals surface area contributed by atoms with Gasteiger partial charge in [-0.15, -0.1) is 10.2 Å². The van der Waals surface area contributed by atoms with Crippen LogP contribution in [0.5, 0.6) is 0 Å². The first kappa shape index (κ1) is 9.78. The molecule has 1 aliphatic heterocycles. The molecular formula is C12H16N4. The summed E-state index contributed by atoms with van der Waals surface area (Å²) >= 11 is 0. The highest BCUT2D eigenvalue weighted by Gasteiger charge is 2.17. The van der Waals surface area contributed by atoms with Gasteiger partial charge in [-0.2, -0.15) is 0 Å². The molecule has 84 valence electrons. The second-order valence-electron chi connectivity index (χ2n) is 4.50. The summed E-state index contributed by atoms with van der Waals surface area (Å²) < 4.78 is 2.11. The van der Waals surface area contributed by atoms with Crippen molar-refractivity contribution >= 4 is 5.65 Å². The van der Waals surface area contributed by atoms with E-state index in [-0.39, 0.29) is 0 Å². The number of aromatic nitrogens is 3. The third-order valence-electron chi connectivity index (χ3n) is 3.29. The molecule has 0 saturated carbocycles. The number of rotatable bonds is 2. The van der Waals surface area contributed by atoms with Crippen LogP contribution in [0.4, 0.5) is 0 Å². The van der Waals surface area contributed by atoms with Crippen LogP contribution in [0.3, 0.4) is 0 Å². The number of hydrogen-bond donors (Lipinski definition) is 1. The van der Waals surface area contributed by atoms with Crippen molar-refractivity contribution in [3.05, 3.63) is 29.7 Å². The second-order valence-corrected chi connectivity index (χ2v) is 4.50. The Morgan fingerprint density at radius 3 is 3.25 bits per heavy atom. The van der Waals surface area contributed by atoms with E-state index in [9.17, 15) is 0 Å². The maximum Gasteiger partial charge on any atom is 0.163 e. The van der Waals surface area contributed by atoms with E-state index in [4.69, 9.17) is 0 Å². The van der Waals surface area contributed by atoms with Crippen LogP contribution in [-0.2, 0) is 6.42 Å². The average Bonchev–Trinajstić information content (AvgIpc) is 2.90. The van der Waals surface area contributed by atoms with E-state index in [2.05, 4.69) is 39.0 Å². The number of fused-ring (bicyclic) bond motifs is 1. The highest BCUT2D eigenvalue weighted by Crippen LogP contribution is 2.13. The molecule has 4 heteroatoms. The van der Waals surface area contributed by atoms with Crippen molar-refractivity contribution in [1.29, 1.82) is 0 Å². The Balaban J connectivity index is 1.94. The zero-order valence-corrected chi connectivity index (χ0v) is 9.48. The van der Waals surface area contributed by atoms with Crippen molar-refractivity contribution in [3.8, 4) is 0 Å². The summed E-state index contributed by atoms with van der Waals surface area (Å²) in [6.07, 6.45) is 5.55. The monoisotopic (exact) mass is 216 g/mol. The molecule has 1 atom stereocenters. The molecular weight excluding hydrogens is 200 g/mol. The van der Waals surface area contributed by atoms with Crippen molar-refractivity contribution in [1.82, 2.24) is 19.9 Å². The van der Waals surface area contributed by atoms with Gasteiger partial charge in [-0.05, 0) is 37.9 Å². The van der Waals surface area contributed by atoms with Crippen LogP contribution < -0.4 is 5.32 Å². The van der Waals surface area contributed by atoms with E-state index >= 15 is 0 Å². The van der Waals surface area contributed by atoms with E-state index in [1.54, 1.807) is 0 Å². The molecule has 1 saturated heterocycles. The zero-order valence-electron chi connectivity index (χ0n) is 9.48. The molecule has 2 aromatic rings. The quantitative estimate of drug-likeness (QED) is 0.823. The van der Waals surface area contributed by atoms with Gasteiger partial charge in [-0.3, -0.25) is 4.40 Å². The van der Waals surface area contributed by atoms with Crippen LogP contribution >= 0.6 is 0 Å². The Bertz CT molecular complexity index is 497. The third kappa shape index (κ3) is 1.59. The Morgan fingerprint density at radius 2 is 2.44 bits per heavy atom. The minimum Gasteiger partial charge on any atom is -0.314 e. The van der Waals surface area contributed by atoms with Gasteiger partial charge in [0.1, 0.15) is 5.82 Å². The predicted molar refractivity (Wildman–Crippen MR) is 62.5 cm³/mol. The Hall–Kier alpha value is -1.42. The molecule has 0 radical (unpaired) electrons. The van der Waals surface area contributed by atoms with Crippen molar-refractivity contribution < 1.29 is 0 Å². The van der Waals surface area contributed by atoms with Gasteiger partial charge in [0.05, 0.1) is 0 Å². The van der Waals surface area contributed by atoms with Crippen LogP contribution in [0.25, 0.3) is 5.65 Å². The number of pyridine rings is 1. The maximum atomic E-state index is 4.29. The molecule has 3 rings (SSSR count). The van der Waals surface area contributed by atoms with Crippen LogP contribution in [-0.4, -0.2) is 27.2 Å². The highest BCUT2D eigenvalue weighted by atomic mass is 15.2. The summed E-state index contributed by atoms with van der Waals surface area (Å²) in [5.41, 5.74) is 2.16. The van der Waals surface area contributed by atoms with Crippen LogP contribution in [0.1, 0.15) is 24.2 Å². The molecule has 0 bridgehead atoms. The smallest absolute Gasteiger partial charge is 0.163 e. The summed E-state index contributed by atoms with van der Waals surface area (Å²) in [5.74, 6) is 1.07. The lowest BCUT2D eigenvalue weighted by molar-refractivity contribution is 0.582. The third-order valence-corrected chi connectivity index (χ3v) is 3.29. The van der Waals surface area contributed by atoms with Gasteiger partial charge in [0.2, 0.25) is 0 Å². The molecule has 0 aromatic carbocycles. The summed E-state index contributed by atoms with van der Waals surface area (Å²) in [6, 6.07) is 4.70.